The predicted octanol–water partition coefficient (Wildman–Crippen LogP) is 2.78. The molecule has 0 spiro atoms. The summed E-state index contributed by atoms with van der Waals surface area (Å²) in [6.07, 6.45) is 0. The number of aromatic hydroxyl groups is 1. The highest BCUT2D eigenvalue weighted by molar-refractivity contribution is 7.87. The molecule has 2 rings (SSSR count). The molecule has 0 unspecified atom stereocenters. The van der Waals surface area contributed by atoms with Gasteiger partial charge in [-0.15, -0.1) is 0 Å². The molecule has 2 aromatic carbocycles. The maximum atomic E-state index is 12.1. The van der Waals surface area contributed by atoms with Gasteiger partial charge in [0.05, 0.1) is 0 Å². The van der Waals surface area contributed by atoms with E-state index in [0.717, 1.165) is 0 Å². The molecule has 0 bridgehead atoms. The van der Waals surface area contributed by atoms with Crippen LogP contribution in [0.1, 0.15) is 11.1 Å². The molecule has 4 nitrogen and oxygen atoms in total. The molecular weight excluding hydrogens is 264 g/mol. The van der Waals surface area contributed by atoms with E-state index < -0.39 is 10.1 Å². The van der Waals surface area contributed by atoms with Crippen molar-refractivity contribution in [3.63, 3.8) is 0 Å². The SMILES string of the molecule is Cc1cc(OS(=O)(=O)c2ccccc2C)ccc1O. The summed E-state index contributed by atoms with van der Waals surface area (Å²) in [6.45, 7) is 3.38. The molecule has 1 N–H and O–H groups in total. The van der Waals surface area contributed by atoms with E-state index in [-0.39, 0.29) is 16.4 Å². The third-order valence-electron chi connectivity index (χ3n) is 2.74. The highest BCUT2D eigenvalue weighted by atomic mass is 32.2. The second-order valence-electron chi connectivity index (χ2n) is 4.25. The van der Waals surface area contributed by atoms with Crippen LogP contribution in [0.5, 0.6) is 11.5 Å². The first-order valence-electron chi connectivity index (χ1n) is 5.70. The molecule has 0 atom stereocenters. The number of benzene rings is 2. The van der Waals surface area contributed by atoms with Crippen molar-refractivity contribution < 1.29 is 17.7 Å². The standard InChI is InChI=1S/C14H14O4S/c1-10-5-3-4-6-14(10)19(16,17)18-12-7-8-13(15)11(2)9-12/h3-9,15H,1-2H3. The molecule has 5 heteroatoms. The first-order valence-corrected chi connectivity index (χ1v) is 7.11. The highest BCUT2D eigenvalue weighted by Crippen LogP contribution is 2.25. The number of hydrogen-bond acceptors (Lipinski definition) is 4. The van der Waals surface area contributed by atoms with Gasteiger partial charge < -0.3 is 9.29 Å². The fraction of sp³-hybridized carbons (Fsp3) is 0.143. The number of hydrogen-bond donors (Lipinski definition) is 1. The van der Waals surface area contributed by atoms with Crippen molar-refractivity contribution in [2.75, 3.05) is 0 Å². The Labute approximate surface area is 112 Å². The van der Waals surface area contributed by atoms with Crippen molar-refractivity contribution in [2.24, 2.45) is 0 Å². The summed E-state index contributed by atoms with van der Waals surface area (Å²) < 4.78 is 29.3. The third kappa shape index (κ3) is 2.88. The monoisotopic (exact) mass is 278 g/mol. The Kier molecular flexibility index (Phi) is 3.48. The number of rotatable bonds is 3. The zero-order valence-corrected chi connectivity index (χ0v) is 11.4. The zero-order valence-electron chi connectivity index (χ0n) is 10.6. The topological polar surface area (TPSA) is 63.6 Å². The van der Waals surface area contributed by atoms with Gasteiger partial charge in [0.2, 0.25) is 0 Å². The average Bonchev–Trinajstić information content (AvgIpc) is 2.34. The molecule has 100 valence electrons. The van der Waals surface area contributed by atoms with Gasteiger partial charge in [0.1, 0.15) is 16.4 Å². The fourth-order valence-corrected chi connectivity index (χ4v) is 2.84. The maximum absolute atomic E-state index is 12.1. The summed E-state index contributed by atoms with van der Waals surface area (Å²) in [5, 5.41) is 9.40. The summed E-state index contributed by atoms with van der Waals surface area (Å²) in [6, 6.07) is 10.9. The minimum Gasteiger partial charge on any atom is -0.508 e. The van der Waals surface area contributed by atoms with Crippen LogP contribution in [0.2, 0.25) is 0 Å². The Morgan fingerprint density at radius 3 is 2.32 bits per heavy atom. The van der Waals surface area contributed by atoms with E-state index in [4.69, 9.17) is 4.18 Å². The summed E-state index contributed by atoms with van der Waals surface area (Å²) >= 11 is 0. The molecule has 0 saturated heterocycles. The molecule has 0 aromatic heterocycles. The minimum absolute atomic E-state index is 0.0978. The van der Waals surface area contributed by atoms with E-state index >= 15 is 0 Å². The van der Waals surface area contributed by atoms with Crippen LogP contribution >= 0.6 is 0 Å². The average molecular weight is 278 g/mol. The first-order chi connectivity index (χ1) is 8.90. The van der Waals surface area contributed by atoms with E-state index in [2.05, 4.69) is 0 Å². The lowest BCUT2D eigenvalue weighted by Gasteiger charge is -2.10. The van der Waals surface area contributed by atoms with Gasteiger partial charge in [-0.2, -0.15) is 8.42 Å². The summed E-state index contributed by atoms with van der Waals surface area (Å²) in [4.78, 5) is 0.140. The lowest BCUT2D eigenvalue weighted by Crippen LogP contribution is -2.11. The first kappa shape index (κ1) is 13.4. The molecule has 0 aliphatic heterocycles. The van der Waals surface area contributed by atoms with Gasteiger partial charge in [0.15, 0.2) is 0 Å². The van der Waals surface area contributed by atoms with Crippen molar-refractivity contribution in [1.82, 2.24) is 0 Å². The smallest absolute Gasteiger partial charge is 0.339 e. The molecule has 19 heavy (non-hydrogen) atoms. The van der Waals surface area contributed by atoms with Gasteiger partial charge in [-0.1, -0.05) is 18.2 Å². The van der Waals surface area contributed by atoms with Crippen molar-refractivity contribution >= 4 is 10.1 Å². The second kappa shape index (κ2) is 4.93. The molecule has 0 heterocycles. The lowest BCUT2D eigenvalue weighted by molar-refractivity contribution is 0.464. The number of aryl methyl sites for hydroxylation is 2. The van der Waals surface area contributed by atoms with Gasteiger partial charge in [0, 0.05) is 0 Å². The zero-order chi connectivity index (χ0) is 14.0. The third-order valence-corrected chi connectivity index (χ3v) is 4.15. The van der Waals surface area contributed by atoms with Gasteiger partial charge in [-0.25, -0.2) is 0 Å². The lowest BCUT2D eigenvalue weighted by atomic mass is 10.2. The molecular formula is C14H14O4S. The predicted molar refractivity (Wildman–Crippen MR) is 71.8 cm³/mol. The molecule has 2 aromatic rings. The van der Waals surface area contributed by atoms with Crippen molar-refractivity contribution in [2.45, 2.75) is 18.7 Å². The molecule has 0 amide bonds. The Bertz CT molecular complexity index is 705. The van der Waals surface area contributed by atoms with Crippen LogP contribution in [0.3, 0.4) is 0 Å². The maximum Gasteiger partial charge on any atom is 0.339 e. The molecule has 0 saturated carbocycles. The second-order valence-corrected chi connectivity index (χ2v) is 5.77. The van der Waals surface area contributed by atoms with Gasteiger partial charge in [-0.05, 0) is 49.2 Å². The highest BCUT2D eigenvalue weighted by Gasteiger charge is 2.18. The Balaban J connectivity index is 2.37. The largest absolute Gasteiger partial charge is 0.508 e. The van der Waals surface area contributed by atoms with Crippen LogP contribution in [-0.2, 0) is 10.1 Å². The van der Waals surface area contributed by atoms with Crippen molar-refractivity contribution in [3.8, 4) is 11.5 Å². The summed E-state index contributed by atoms with van der Waals surface area (Å²) in [7, 11) is -3.86. The van der Waals surface area contributed by atoms with Crippen molar-refractivity contribution in [3.05, 3.63) is 53.6 Å². The van der Waals surface area contributed by atoms with Gasteiger partial charge in [0.25, 0.3) is 0 Å². The normalized spacial score (nSPS) is 11.3. The summed E-state index contributed by atoms with van der Waals surface area (Å²) in [5.74, 6) is 0.277. The van der Waals surface area contributed by atoms with E-state index in [1.165, 1.54) is 24.3 Å². The van der Waals surface area contributed by atoms with Crippen LogP contribution < -0.4 is 4.18 Å². The quantitative estimate of drug-likeness (QED) is 0.877. The van der Waals surface area contributed by atoms with E-state index in [1.807, 2.05) is 0 Å². The molecule has 0 aliphatic carbocycles. The van der Waals surface area contributed by atoms with Crippen LogP contribution in [0, 0.1) is 13.8 Å². The number of phenolic OH excluding ortho intramolecular Hbond substituents is 1. The van der Waals surface area contributed by atoms with Crippen LogP contribution in [0.25, 0.3) is 0 Å². The Morgan fingerprint density at radius 2 is 1.68 bits per heavy atom. The van der Waals surface area contributed by atoms with E-state index in [0.29, 0.717) is 11.1 Å². The molecule has 0 aliphatic rings. The van der Waals surface area contributed by atoms with E-state index in [9.17, 15) is 13.5 Å². The fourth-order valence-electron chi connectivity index (χ4n) is 1.69. The van der Waals surface area contributed by atoms with Crippen molar-refractivity contribution in [1.29, 1.82) is 0 Å². The van der Waals surface area contributed by atoms with Crippen LogP contribution in [-0.4, -0.2) is 13.5 Å². The molecule has 0 radical (unpaired) electrons. The van der Waals surface area contributed by atoms with E-state index in [1.54, 1.807) is 32.0 Å². The number of phenols is 1. The minimum atomic E-state index is -3.86. The van der Waals surface area contributed by atoms with Crippen LogP contribution in [0.15, 0.2) is 47.4 Å². The molecule has 0 fully saturated rings. The Morgan fingerprint density at radius 1 is 1.00 bits per heavy atom. The van der Waals surface area contributed by atoms with Gasteiger partial charge >= 0.3 is 10.1 Å². The Hall–Kier alpha value is -2.01. The summed E-state index contributed by atoms with van der Waals surface area (Å²) in [5.41, 5.74) is 1.18. The van der Waals surface area contributed by atoms with Crippen LogP contribution in [0.4, 0.5) is 0 Å². The van der Waals surface area contributed by atoms with Gasteiger partial charge in [-0.3, -0.25) is 0 Å².